The summed E-state index contributed by atoms with van der Waals surface area (Å²) in [6, 6.07) is 5.83. The Hall–Kier alpha value is -1.79. The van der Waals surface area contributed by atoms with Gasteiger partial charge in [0.15, 0.2) is 0 Å². The van der Waals surface area contributed by atoms with Crippen molar-refractivity contribution < 1.29 is 4.79 Å². The second-order valence-electron chi connectivity index (χ2n) is 5.79. The molecule has 0 atom stereocenters. The second kappa shape index (κ2) is 7.85. The van der Waals surface area contributed by atoms with Gasteiger partial charge in [-0.25, -0.2) is 0 Å². The Kier molecular flexibility index (Phi) is 5.83. The maximum Gasteiger partial charge on any atom is 0.224 e. The Morgan fingerprint density at radius 2 is 2.10 bits per heavy atom. The van der Waals surface area contributed by atoms with Crippen molar-refractivity contribution in [1.82, 2.24) is 0 Å². The lowest BCUT2D eigenvalue weighted by Gasteiger charge is -2.21. The molecule has 0 saturated heterocycles. The summed E-state index contributed by atoms with van der Waals surface area (Å²) in [5.74, 6) is 6.53. The summed E-state index contributed by atoms with van der Waals surface area (Å²) in [6.07, 6.45) is 6.90. The zero-order chi connectivity index (χ0) is 15.1. The van der Waals surface area contributed by atoms with Crippen LogP contribution in [0.5, 0.6) is 0 Å². The molecule has 3 heteroatoms. The summed E-state index contributed by atoms with van der Waals surface area (Å²) < 4.78 is 0. The summed E-state index contributed by atoms with van der Waals surface area (Å²) in [7, 11) is 0. The number of aryl methyl sites for hydroxylation is 1. The molecule has 0 heterocycles. The minimum atomic E-state index is 0.130. The molecule has 21 heavy (non-hydrogen) atoms. The quantitative estimate of drug-likeness (QED) is 0.837. The molecule has 3 N–H and O–H groups in total. The highest BCUT2D eigenvalue weighted by molar-refractivity contribution is 5.91. The van der Waals surface area contributed by atoms with Gasteiger partial charge in [-0.05, 0) is 49.4 Å². The van der Waals surface area contributed by atoms with E-state index < -0.39 is 0 Å². The van der Waals surface area contributed by atoms with E-state index in [1.54, 1.807) is 0 Å². The number of carbonyl (C=O) groups excluding carboxylic acids is 1. The van der Waals surface area contributed by atoms with Gasteiger partial charge in [-0.3, -0.25) is 4.79 Å². The molecule has 1 amide bonds. The van der Waals surface area contributed by atoms with Crippen molar-refractivity contribution in [2.24, 2.45) is 11.7 Å². The predicted octanol–water partition coefficient (Wildman–Crippen LogP) is 3.21. The largest absolute Gasteiger partial charge is 0.326 e. The molecular weight excluding hydrogens is 260 g/mol. The maximum atomic E-state index is 12.1. The van der Waals surface area contributed by atoms with E-state index >= 15 is 0 Å². The number of nitrogens with two attached hydrogens (primary N) is 1. The lowest BCUT2D eigenvalue weighted by atomic mass is 9.87. The van der Waals surface area contributed by atoms with Crippen LogP contribution in [0, 0.1) is 24.7 Å². The van der Waals surface area contributed by atoms with Crippen molar-refractivity contribution in [3.8, 4) is 11.8 Å². The Morgan fingerprint density at radius 1 is 1.33 bits per heavy atom. The summed E-state index contributed by atoms with van der Waals surface area (Å²) in [6.45, 7) is 2.35. The Labute approximate surface area is 127 Å². The number of amides is 1. The van der Waals surface area contributed by atoms with Crippen molar-refractivity contribution in [2.45, 2.75) is 45.4 Å². The molecule has 2 rings (SSSR count). The minimum Gasteiger partial charge on any atom is -0.326 e. The summed E-state index contributed by atoms with van der Waals surface area (Å²) in [5.41, 5.74) is 8.22. The van der Waals surface area contributed by atoms with Gasteiger partial charge in [0.05, 0.1) is 6.54 Å². The van der Waals surface area contributed by atoms with Gasteiger partial charge < -0.3 is 11.1 Å². The van der Waals surface area contributed by atoms with Crippen molar-refractivity contribution >= 4 is 11.6 Å². The molecule has 0 spiro atoms. The number of carbonyl (C=O) groups is 1. The van der Waals surface area contributed by atoms with Crippen LogP contribution in [0.3, 0.4) is 0 Å². The molecule has 0 bridgehead atoms. The normalized spacial score (nSPS) is 15.1. The highest BCUT2D eigenvalue weighted by atomic mass is 16.1. The van der Waals surface area contributed by atoms with E-state index in [4.69, 9.17) is 5.73 Å². The van der Waals surface area contributed by atoms with Crippen molar-refractivity contribution in [2.75, 3.05) is 11.9 Å². The number of anilines is 1. The van der Waals surface area contributed by atoms with Crippen LogP contribution in [0.4, 0.5) is 5.69 Å². The molecule has 1 aromatic carbocycles. The third-order valence-electron chi connectivity index (χ3n) is 4.03. The number of hydrogen-bond acceptors (Lipinski definition) is 2. The summed E-state index contributed by atoms with van der Waals surface area (Å²) >= 11 is 0. The molecule has 0 unspecified atom stereocenters. The molecule has 1 fully saturated rings. The van der Waals surface area contributed by atoms with Crippen molar-refractivity contribution in [3.63, 3.8) is 0 Å². The van der Waals surface area contributed by atoms with Crippen LogP contribution in [0.25, 0.3) is 0 Å². The standard InChI is InChI=1S/C18H24N2O/c1-14-12-16(8-5-11-19)9-10-17(14)20-18(21)13-15-6-3-2-4-7-15/h9-10,12,15H,2-4,6-7,11,13,19H2,1H3,(H,20,21). The highest BCUT2D eigenvalue weighted by Crippen LogP contribution is 2.27. The lowest BCUT2D eigenvalue weighted by Crippen LogP contribution is -2.18. The fraction of sp³-hybridized carbons (Fsp3) is 0.500. The molecular formula is C18H24N2O. The monoisotopic (exact) mass is 284 g/mol. The Bertz CT molecular complexity index is 548. The van der Waals surface area contributed by atoms with Gasteiger partial charge in [-0.15, -0.1) is 0 Å². The topological polar surface area (TPSA) is 55.1 Å². The molecule has 112 valence electrons. The van der Waals surface area contributed by atoms with Crippen LogP contribution in [0.2, 0.25) is 0 Å². The van der Waals surface area contributed by atoms with Crippen LogP contribution in [-0.4, -0.2) is 12.5 Å². The van der Waals surface area contributed by atoms with Gasteiger partial charge in [-0.1, -0.05) is 31.1 Å². The number of hydrogen-bond donors (Lipinski definition) is 2. The van der Waals surface area contributed by atoms with Gasteiger partial charge in [0.1, 0.15) is 0 Å². The van der Waals surface area contributed by atoms with E-state index in [9.17, 15) is 4.79 Å². The molecule has 0 radical (unpaired) electrons. The molecule has 1 aliphatic rings. The maximum absolute atomic E-state index is 12.1. The fourth-order valence-electron chi connectivity index (χ4n) is 2.89. The Balaban J connectivity index is 1.94. The second-order valence-corrected chi connectivity index (χ2v) is 5.79. The van der Waals surface area contributed by atoms with E-state index in [1.807, 2.05) is 25.1 Å². The first kappa shape index (κ1) is 15.6. The highest BCUT2D eigenvalue weighted by Gasteiger charge is 2.17. The number of rotatable bonds is 3. The third-order valence-corrected chi connectivity index (χ3v) is 4.03. The van der Waals surface area contributed by atoms with Gasteiger partial charge in [0, 0.05) is 17.7 Å². The smallest absolute Gasteiger partial charge is 0.224 e. The summed E-state index contributed by atoms with van der Waals surface area (Å²) in [5, 5.41) is 3.03. The van der Waals surface area contributed by atoms with E-state index in [2.05, 4.69) is 17.2 Å². The zero-order valence-corrected chi connectivity index (χ0v) is 12.7. The van der Waals surface area contributed by atoms with Crippen LogP contribution in [0.1, 0.15) is 49.7 Å². The minimum absolute atomic E-state index is 0.130. The lowest BCUT2D eigenvalue weighted by molar-refractivity contribution is -0.117. The molecule has 1 aliphatic carbocycles. The fourth-order valence-corrected chi connectivity index (χ4v) is 2.89. The molecule has 1 saturated carbocycles. The van der Waals surface area contributed by atoms with E-state index in [-0.39, 0.29) is 5.91 Å². The average Bonchev–Trinajstić information content (AvgIpc) is 2.48. The van der Waals surface area contributed by atoms with E-state index in [0.29, 0.717) is 18.9 Å². The molecule has 3 nitrogen and oxygen atoms in total. The van der Waals surface area contributed by atoms with E-state index in [1.165, 1.54) is 32.1 Å². The zero-order valence-electron chi connectivity index (χ0n) is 12.7. The third kappa shape index (κ3) is 4.91. The molecule has 0 aliphatic heterocycles. The van der Waals surface area contributed by atoms with Gasteiger partial charge in [0.25, 0.3) is 0 Å². The van der Waals surface area contributed by atoms with Crippen LogP contribution in [0.15, 0.2) is 18.2 Å². The van der Waals surface area contributed by atoms with Crippen LogP contribution in [-0.2, 0) is 4.79 Å². The number of nitrogens with one attached hydrogen (secondary N) is 1. The Morgan fingerprint density at radius 3 is 2.76 bits per heavy atom. The van der Waals surface area contributed by atoms with Crippen LogP contribution >= 0.6 is 0 Å². The SMILES string of the molecule is Cc1cc(C#CCN)ccc1NC(=O)CC1CCCCC1. The van der Waals surface area contributed by atoms with Crippen LogP contribution < -0.4 is 11.1 Å². The van der Waals surface area contributed by atoms with Crippen molar-refractivity contribution in [3.05, 3.63) is 29.3 Å². The first-order valence-corrected chi connectivity index (χ1v) is 7.78. The number of benzene rings is 1. The first-order valence-electron chi connectivity index (χ1n) is 7.78. The average molecular weight is 284 g/mol. The van der Waals surface area contributed by atoms with Gasteiger partial charge >= 0.3 is 0 Å². The molecule has 0 aromatic heterocycles. The predicted molar refractivity (Wildman–Crippen MR) is 86.9 cm³/mol. The first-order chi connectivity index (χ1) is 10.2. The molecule has 1 aromatic rings. The van der Waals surface area contributed by atoms with Crippen molar-refractivity contribution in [1.29, 1.82) is 0 Å². The van der Waals surface area contributed by atoms with E-state index in [0.717, 1.165) is 16.8 Å². The van der Waals surface area contributed by atoms with Gasteiger partial charge in [0.2, 0.25) is 5.91 Å². The summed E-state index contributed by atoms with van der Waals surface area (Å²) in [4.78, 5) is 12.1. The van der Waals surface area contributed by atoms with Gasteiger partial charge in [-0.2, -0.15) is 0 Å².